The Balaban J connectivity index is 1.80. The Morgan fingerprint density at radius 1 is 1.06 bits per heavy atom. The van der Waals surface area contributed by atoms with Gasteiger partial charge >= 0.3 is 0 Å². The van der Waals surface area contributed by atoms with Gasteiger partial charge in [-0.3, -0.25) is 0 Å². The first-order valence-electron chi connectivity index (χ1n) is 6.38. The first-order valence-corrected chi connectivity index (χ1v) is 7.19. The van der Waals surface area contributed by atoms with Gasteiger partial charge in [0.2, 0.25) is 0 Å². The Morgan fingerprint density at radius 3 is 2.75 bits per heavy atom. The van der Waals surface area contributed by atoms with Crippen LogP contribution in [0.25, 0.3) is 0 Å². The van der Waals surface area contributed by atoms with Crippen molar-refractivity contribution < 1.29 is 0 Å². The van der Waals surface area contributed by atoms with Crippen LogP contribution < -0.4 is 10.2 Å². The molecule has 1 aromatic rings. The number of hydrogen-bond acceptors (Lipinski definition) is 4. The average molecular weight is 237 g/mol. The van der Waals surface area contributed by atoms with Crippen LogP contribution in [0.4, 0.5) is 5.13 Å². The van der Waals surface area contributed by atoms with Gasteiger partial charge in [-0.05, 0) is 25.7 Å². The largest absolute Gasteiger partial charge is 0.346 e. The normalized spacial score (nSPS) is 21.6. The van der Waals surface area contributed by atoms with E-state index in [9.17, 15) is 0 Å². The van der Waals surface area contributed by atoms with Crippen molar-refractivity contribution in [3.8, 4) is 0 Å². The third kappa shape index (κ3) is 2.09. The second kappa shape index (κ2) is 4.72. The van der Waals surface area contributed by atoms with Crippen molar-refractivity contribution in [1.29, 1.82) is 0 Å². The predicted octanol–water partition coefficient (Wildman–Crippen LogP) is 1.82. The smallest absolute Gasteiger partial charge is 0.185 e. The lowest BCUT2D eigenvalue weighted by molar-refractivity contribution is 0.587. The van der Waals surface area contributed by atoms with Crippen LogP contribution in [0.1, 0.15) is 29.8 Å². The highest BCUT2D eigenvalue weighted by atomic mass is 32.1. The molecule has 88 valence electrons. The lowest BCUT2D eigenvalue weighted by Gasteiger charge is -2.26. The molecule has 1 N–H and O–H groups in total. The van der Waals surface area contributed by atoms with Gasteiger partial charge in [0.15, 0.2) is 5.13 Å². The van der Waals surface area contributed by atoms with E-state index in [2.05, 4.69) is 10.2 Å². The number of fused-ring (bicyclic) bond motifs is 1. The van der Waals surface area contributed by atoms with E-state index in [1.54, 1.807) is 4.88 Å². The molecule has 0 saturated carbocycles. The van der Waals surface area contributed by atoms with Crippen molar-refractivity contribution in [3.05, 3.63) is 10.6 Å². The highest BCUT2D eigenvalue weighted by molar-refractivity contribution is 7.15. The molecule has 3 rings (SSSR count). The molecule has 0 unspecified atom stereocenters. The van der Waals surface area contributed by atoms with Gasteiger partial charge in [0.25, 0.3) is 0 Å². The predicted molar refractivity (Wildman–Crippen MR) is 68.5 cm³/mol. The molecule has 0 aromatic carbocycles. The second-order valence-corrected chi connectivity index (χ2v) is 5.73. The van der Waals surface area contributed by atoms with E-state index in [0.717, 1.165) is 26.2 Å². The summed E-state index contributed by atoms with van der Waals surface area (Å²) in [7, 11) is 0. The summed E-state index contributed by atoms with van der Waals surface area (Å²) in [5.74, 6) is 0. The molecule has 4 heteroatoms. The summed E-state index contributed by atoms with van der Waals surface area (Å²) in [6, 6.07) is 0. The van der Waals surface area contributed by atoms with Crippen LogP contribution in [0.5, 0.6) is 0 Å². The number of anilines is 1. The van der Waals surface area contributed by atoms with Gasteiger partial charge in [-0.15, -0.1) is 11.3 Å². The molecule has 0 radical (unpaired) electrons. The minimum absolute atomic E-state index is 1.10. The van der Waals surface area contributed by atoms with Gasteiger partial charge in [0.05, 0.1) is 5.69 Å². The van der Waals surface area contributed by atoms with Crippen LogP contribution in [-0.2, 0) is 12.8 Å². The molecule has 3 nitrogen and oxygen atoms in total. The summed E-state index contributed by atoms with van der Waals surface area (Å²) in [5.41, 5.74) is 1.40. The van der Waals surface area contributed by atoms with E-state index >= 15 is 0 Å². The number of aryl methyl sites for hydroxylation is 2. The van der Waals surface area contributed by atoms with E-state index in [-0.39, 0.29) is 0 Å². The molecule has 16 heavy (non-hydrogen) atoms. The number of hydrogen-bond donors (Lipinski definition) is 1. The highest BCUT2D eigenvalue weighted by Crippen LogP contribution is 2.31. The second-order valence-electron chi connectivity index (χ2n) is 4.66. The van der Waals surface area contributed by atoms with Crippen LogP contribution >= 0.6 is 11.3 Å². The maximum Gasteiger partial charge on any atom is 0.185 e. The summed E-state index contributed by atoms with van der Waals surface area (Å²) in [6.45, 7) is 4.44. The topological polar surface area (TPSA) is 28.2 Å². The zero-order valence-corrected chi connectivity index (χ0v) is 10.5. The molecule has 2 heterocycles. The number of aromatic nitrogens is 1. The number of nitrogens with zero attached hydrogens (tertiary/aromatic N) is 2. The Labute approximate surface area is 101 Å². The fraction of sp³-hybridized carbons (Fsp3) is 0.750. The maximum absolute atomic E-state index is 4.85. The number of thiazole rings is 1. The van der Waals surface area contributed by atoms with Gasteiger partial charge < -0.3 is 10.2 Å². The van der Waals surface area contributed by atoms with Crippen LogP contribution in [-0.4, -0.2) is 31.2 Å². The van der Waals surface area contributed by atoms with Crippen LogP contribution in [0.3, 0.4) is 0 Å². The van der Waals surface area contributed by atoms with Gasteiger partial charge in [0.1, 0.15) is 0 Å². The van der Waals surface area contributed by atoms with Gasteiger partial charge in [-0.25, -0.2) is 4.98 Å². The molecule has 1 aliphatic carbocycles. The maximum atomic E-state index is 4.85. The van der Waals surface area contributed by atoms with Crippen molar-refractivity contribution >= 4 is 16.5 Å². The standard InChI is InChI=1S/C12H19N3S/c1-2-4-10-11(5-3-1)16-12(14-10)15-8-6-13-7-9-15/h13H,1-9H2. The molecule has 2 aliphatic rings. The minimum atomic E-state index is 1.10. The summed E-state index contributed by atoms with van der Waals surface area (Å²) in [4.78, 5) is 8.85. The van der Waals surface area contributed by atoms with Gasteiger partial charge in [-0.2, -0.15) is 0 Å². The molecule has 1 aliphatic heterocycles. The third-order valence-electron chi connectivity index (χ3n) is 3.47. The van der Waals surface area contributed by atoms with Crippen molar-refractivity contribution in [2.24, 2.45) is 0 Å². The molecule has 0 bridgehead atoms. The van der Waals surface area contributed by atoms with E-state index in [0.29, 0.717) is 0 Å². The van der Waals surface area contributed by atoms with E-state index < -0.39 is 0 Å². The van der Waals surface area contributed by atoms with Crippen LogP contribution in [0.2, 0.25) is 0 Å². The molecule has 1 fully saturated rings. The first-order chi connectivity index (χ1) is 7.93. The SMILES string of the molecule is C1CCc2nc(N3CCNCC3)sc2CC1. The molecular weight excluding hydrogens is 218 g/mol. The van der Waals surface area contributed by atoms with E-state index in [1.807, 2.05) is 11.3 Å². The zero-order valence-electron chi connectivity index (χ0n) is 9.67. The molecule has 0 amide bonds. The monoisotopic (exact) mass is 237 g/mol. The quantitative estimate of drug-likeness (QED) is 0.755. The van der Waals surface area contributed by atoms with Gasteiger partial charge in [-0.1, -0.05) is 6.42 Å². The van der Waals surface area contributed by atoms with Crippen molar-refractivity contribution in [1.82, 2.24) is 10.3 Å². The average Bonchev–Trinajstić information content (AvgIpc) is 2.62. The summed E-state index contributed by atoms with van der Waals surface area (Å²) in [5, 5.41) is 4.66. The fourth-order valence-electron chi connectivity index (χ4n) is 2.51. The lowest BCUT2D eigenvalue weighted by Crippen LogP contribution is -2.43. The highest BCUT2D eigenvalue weighted by Gasteiger charge is 2.18. The van der Waals surface area contributed by atoms with Crippen molar-refractivity contribution in [2.45, 2.75) is 32.1 Å². The number of nitrogens with one attached hydrogen (secondary N) is 1. The number of rotatable bonds is 1. The number of piperazine rings is 1. The van der Waals surface area contributed by atoms with E-state index in [1.165, 1.54) is 42.9 Å². The molecular formula is C12H19N3S. The summed E-state index contributed by atoms with van der Waals surface area (Å²) >= 11 is 1.94. The van der Waals surface area contributed by atoms with Crippen LogP contribution in [0.15, 0.2) is 0 Å². The summed E-state index contributed by atoms with van der Waals surface area (Å²) < 4.78 is 0. The molecule has 1 saturated heterocycles. The zero-order chi connectivity index (χ0) is 10.8. The molecule has 0 spiro atoms. The van der Waals surface area contributed by atoms with E-state index in [4.69, 9.17) is 4.98 Å². The molecule has 1 aromatic heterocycles. The molecule has 0 atom stereocenters. The van der Waals surface area contributed by atoms with Crippen LogP contribution in [0, 0.1) is 0 Å². The van der Waals surface area contributed by atoms with Gasteiger partial charge in [0, 0.05) is 31.1 Å². The van der Waals surface area contributed by atoms with Crippen molar-refractivity contribution in [2.75, 3.05) is 31.1 Å². The lowest BCUT2D eigenvalue weighted by atomic mass is 10.2. The Bertz CT molecular complexity index is 332. The first kappa shape index (κ1) is 10.5. The minimum Gasteiger partial charge on any atom is -0.346 e. The fourth-order valence-corrected chi connectivity index (χ4v) is 3.71. The van der Waals surface area contributed by atoms with Crippen molar-refractivity contribution in [3.63, 3.8) is 0 Å². The third-order valence-corrected chi connectivity index (χ3v) is 4.69. The summed E-state index contributed by atoms with van der Waals surface area (Å²) in [6.07, 6.45) is 6.54. The Morgan fingerprint density at radius 2 is 1.88 bits per heavy atom. The Kier molecular flexibility index (Phi) is 3.11. The Hall–Kier alpha value is -0.610.